The molecule has 0 aromatic heterocycles. The molecule has 0 aliphatic rings. The zero-order valence-electron chi connectivity index (χ0n) is 13.2. The fourth-order valence-electron chi connectivity index (χ4n) is 2.33. The summed E-state index contributed by atoms with van der Waals surface area (Å²) in [5, 5.41) is 10.2. The van der Waals surface area contributed by atoms with E-state index in [2.05, 4.69) is 52.4 Å². The van der Waals surface area contributed by atoms with E-state index in [1.165, 1.54) is 3.57 Å². The van der Waals surface area contributed by atoms with Crippen LogP contribution < -0.4 is 4.90 Å². The molecule has 22 heavy (non-hydrogen) atoms. The first kappa shape index (κ1) is 16.8. The first-order chi connectivity index (χ1) is 10.5. The fourth-order valence-corrected chi connectivity index (χ4v) is 2.98. The van der Waals surface area contributed by atoms with Crippen LogP contribution in [0.3, 0.4) is 0 Å². The third kappa shape index (κ3) is 4.00. The molecule has 3 nitrogen and oxygen atoms in total. The average Bonchev–Trinajstić information content (AvgIpc) is 2.49. The highest BCUT2D eigenvalue weighted by Gasteiger charge is 2.05. The van der Waals surface area contributed by atoms with Gasteiger partial charge in [-0.1, -0.05) is 0 Å². The molecule has 0 spiro atoms. The van der Waals surface area contributed by atoms with Crippen LogP contribution in [0.1, 0.15) is 25.0 Å². The van der Waals surface area contributed by atoms with Crippen molar-refractivity contribution in [3.05, 3.63) is 51.1 Å². The Labute approximate surface area is 145 Å². The van der Waals surface area contributed by atoms with Crippen molar-refractivity contribution in [1.82, 2.24) is 0 Å². The second-order valence-corrected chi connectivity index (χ2v) is 6.35. The number of hydrogen-bond donors (Lipinski definition) is 1. The Bertz CT molecular complexity index is 679. The van der Waals surface area contributed by atoms with Gasteiger partial charge in [-0.25, -0.2) is 0 Å². The third-order valence-electron chi connectivity index (χ3n) is 3.64. The van der Waals surface area contributed by atoms with E-state index in [0.717, 1.165) is 35.6 Å². The lowest BCUT2D eigenvalue weighted by atomic mass is 10.1. The number of aliphatic imine (C=N–C) groups is 1. The van der Waals surface area contributed by atoms with Gasteiger partial charge in [0.05, 0.1) is 5.69 Å². The van der Waals surface area contributed by atoms with Crippen molar-refractivity contribution in [1.29, 1.82) is 0 Å². The molecule has 0 aliphatic carbocycles. The fraction of sp³-hybridized carbons (Fsp3) is 0.278. The number of rotatable bonds is 5. The molecular weight excluding hydrogens is 387 g/mol. The summed E-state index contributed by atoms with van der Waals surface area (Å²) in [5.41, 5.74) is 3.81. The van der Waals surface area contributed by atoms with Crippen molar-refractivity contribution in [3.63, 3.8) is 0 Å². The molecule has 0 atom stereocenters. The summed E-state index contributed by atoms with van der Waals surface area (Å²) in [6.07, 6.45) is 1.72. The lowest BCUT2D eigenvalue weighted by Crippen LogP contribution is -2.21. The average molecular weight is 408 g/mol. The van der Waals surface area contributed by atoms with Gasteiger partial charge in [0.15, 0.2) is 0 Å². The predicted molar refractivity (Wildman–Crippen MR) is 103 cm³/mol. The van der Waals surface area contributed by atoms with Gasteiger partial charge in [0.1, 0.15) is 5.75 Å². The Morgan fingerprint density at radius 3 is 2.45 bits per heavy atom. The van der Waals surface area contributed by atoms with Gasteiger partial charge in [-0.2, -0.15) is 0 Å². The number of phenols is 1. The van der Waals surface area contributed by atoms with E-state index in [4.69, 9.17) is 0 Å². The molecule has 2 rings (SSSR count). The highest BCUT2D eigenvalue weighted by molar-refractivity contribution is 14.1. The summed E-state index contributed by atoms with van der Waals surface area (Å²) in [7, 11) is 0. The van der Waals surface area contributed by atoms with Crippen molar-refractivity contribution >= 4 is 40.2 Å². The van der Waals surface area contributed by atoms with E-state index in [1.54, 1.807) is 12.3 Å². The van der Waals surface area contributed by atoms with Crippen LogP contribution in [0.2, 0.25) is 0 Å². The summed E-state index contributed by atoms with van der Waals surface area (Å²) >= 11 is 2.29. The smallest absolute Gasteiger partial charge is 0.126 e. The van der Waals surface area contributed by atoms with Crippen LogP contribution in [-0.4, -0.2) is 24.4 Å². The number of aryl methyl sites for hydroxylation is 1. The minimum atomic E-state index is 0.260. The number of hydrogen-bond acceptors (Lipinski definition) is 3. The normalized spacial score (nSPS) is 11.1. The van der Waals surface area contributed by atoms with Crippen LogP contribution in [-0.2, 0) is 0 Å². The minimum Gasteiger partial charge on any atom is -0.507 e. The van der Waals surface area contributed by atoms with E-state index in [0.29, 0.717) is 0 Å². The maximum atomic E-state index is 10.2. The Kier molecular flexibility index (Phi) is 5.83. The minimum absolute atomic E-state index is 0.260. The second kappa shape index (κ2) is 7.63. The number of halogens is 1. The van der Waals surface area contributed by atoms with Gasteiger partial charge in [-0.3, -0.25) is 4.99 Å². The Morgan fingerprint density at radius 1 is 1.14 bits per heavy atom. The molecular formula is C18H21IN2O. The molecule has 116 valence electrons. The SMILES string of the molecule is CCN(CC)c1ccc(C=Nc2ccc(I)cc2C)c(O)c1. The predicted octanol–water partition coefficient (Wildman–Crippen LogP) is 4.90. The Morgan fingerprint density at radius 2 is 1.86 bits per heavy atom. The van der Waals surface area contributed by atoms with Crippen LogP contribution in [0.15, 0.2) is 41.4 Å². The van der Waals surface area contributed by atoms with Gasteiger partial charge in [0, 0.05) is 40.2 Å². The van der Waals surface area contributed by atoms with Gasteiger partial charge in [-0.05, 0) is 79.3 Å². The van der Waals surface area contributed by atoms with Gasteiger partial charge in [0.25, 0.3) is 0 Å². The topological polar surface area (TPSA) is 35.8 Å². The van der Waals surface area contributed by atoms with Crippen molar-refractivity contribution < 1.29 is 5.11 Å². The van der Waals surface area contributed by atoms with Gasteiger partial charge in [0.2, 0.25) is 0 Å². The summed E-state index contributed by atoms with van der Waals surface area (Å²) < 4.78 is 1.19. The Hall–Kier alpha value is -1.56. The molecule has 0 saturated heterocycles. The van der Waals surface area contributed by atoms with Gasteiger partial charge >= 0.3 is 0 Å². The molecule has 0 aliphatic heterocycles. The van der Waals surface area contributed by atoms with Gasteiger partial charge < -0.3 is 10.0 Å². The molecule has 2 aromatic rings. The summed E-state index contributed by atoms with van der Waals surface area (Å²) in [6, 6.07) is 11.9. The molecule has 0 unspecified atom stereocenters. The second-order valence-electron chi connectivity index (χ2n) is 5.10. The number of anilines is 1. The lowest BCUT2D eigenvalue weighted by molar-refractivity contribution is 0.474. The molecule has 0 radical (unpaired) electrons. The van der Waals surface area contributed by atoms with Crippen LogP contribution >= 0.6 is 22.6 Å². The molecule has 1 N–H and O–H groups in total. The first-order valence-corrected chi connectivity index (χ1v) is 8.51. The van der Waals surface area contributed by atoms with Crippen molar-refractivity contribution in [2.75, 3.05) is 18.0 Å². The lowest BCUT2D eigenvalue weighted by Gasteiger charge is -2.21. The van der Waals surface area contributed by atoms with E-state index in [9.17, 15) is 5.11 Å². The van der Waals surface area contributed by atoms with Crippen molar-refractivity contribution in [2.45, 2.75) is 20.8 Å². The van der Waals surface area contributed by atoms with E-state index in [1.807, 2.05) is 31.2 Å². The van der Waals surface area contributed by atoms with Crippen LogP contribution in [0.5, 0.6) is 5.75 Å². The number of nitrogens with zero attached hydrogens (tertiary/aromatic N) is 2. The van der Waals surface area contributed by atoms with E-state index >= 15 is 0 Å². The van der Waals surface area contributed by atoms with E-state index < -0.39 is 0 Å². The molecule has 2 aromatic carbocycles. The Balaban J connectivity index is 2.24. The van der Waals surface area contributed by atoms with Crippen LogP contribution in [0.4, 0.5) is 11.4 Å². The molecule has 0 heterocycles. The largest absolute Gasteiger partial charge is 0.507 e. The van der Waals surface area contributed by atoms with Crippen molar-refractivity contribution in [2.24, 2.45) is 4.99 Å². The highest BCUT2D eigenvalue weighted by Crippen LogP contribution is 2.25. The highest BCUT2D eigenvalue weighted by atomic mass is 127. The monoisotopic (exact) mass is 408 g/mol. The molecule has 0 saturated carbocycles. The van der Waals surface area contributed by atoms with Crippen molar-refractivity contribution in [3.8, 4) is 5.75 Å². The third-order valence-corrected chi connectivity index (χ3v) is 4.32. The number of phenolic OH excluding ortho intramolecular Hbond substituents is 1. The summed E-state index contributed by atoms with van der Waals surface area (Å²) in [5.74, 6) is 0.260. The van der Waals surface area contributed by atoms with Crippen LogP contribution in [0.25, 0.3) is 0 Å². The first-order valence-electron chi connectivity index (χ1n) is 7.43. The summed E-state index contributed by atoms with van der Waals surface area (Å²) in [6.45, 7) is 8.10. The molecule has 4 heteroatoms. The zero-order chi connectivity index (χ0) is 16.1. The van der Waals surface area contributed by atoms with Gasteiger partial charge in [-0.15, -0.1) is 0 Å². The zero-order valence-corrected chi connectivity index (χ0v) is 15.3. The standard InChI is InChI=1S/C18H21IN2O/c1-4-21(5-2)16-8-6-14(18(22)11-16)12-20-17-9-7-15(19)10-13(17)3/h6-12,22H,4-5H2,1-3H3. The quantitative estimate of drug-likeness (QED) is 0.564. The molecule has 0 bridgehead atoms. The van der Waals surface area contributed by atoms with E-state index in [-0.39, 0.29) is 5.75 Å². The van der Waals surface area contributed by atoms with Crippen LogP contribution in [0, 0.1) is 10.5 Å². The maximum Gasteiger partial charge on any atom is 0.126 e. The maximum absolute atomic E-state index is 10.2. The number of aromatic hydroxyl groups is 1. The molecule has 0 fully saturated rings. The summed E-state index contributed by atoms with van der Waals surface area (Å²) in [4.78, 5) is 6.69. The number of benzene rings is 2. The molecule has 0 amide bonds.